The van der Waals surface area contributed by atoms with E-state index in [4.69, 9.17) is 11.6 Å². The molecule has 0 unspecified atom stereocenters. The number of benzene rings is 2. The third-order valence-electron chi connectivity index (χ3n) is 3.28. The predicted octanol–water partition coefficient (Wildman–Crippen LogP) is 6.50. The molecule has 0 spiro atoms. The topological polar surface area (TPSA) is 0 Å². The molecule has 0 bridgehead atoms. The fourth-order valence-electron chi connectivity index (χ4n) is 2.12. The Labute approximate surface area is 128 Å². The minimum atomic E-state index is 0.754. The maximum Gasteiger partial charge on any atom is 0.0554 e. The monoisotopic (exact) mass is 336 g/mol. The summed E-state index contributed by atoms with van der Waals surface area (Å²) < 4.78 is 0.939. The van der Waals surface area contributed by atoms with Gasteiger partial charge in [-0.15, -0.1) is 0 Å². The highest BCUT2D eigenvalue weighted by Gasteiger charge is 2.02. The van der Waals surface area contributed by atoms with Crippen molar-refractivity contribution in [2.24, 2.45) is 0 Å². The average Bonchev–Trinajstić information content (AvgIpc) is 2.43. The molecule has 0 nitrogen and oxygen atoms in total. The first-order valence-electron chi connectivity index (χ1n) is 6.75. The van der Waals surface area contributed by atoms with Gasteiger partial charge in [0.1, 0.15) is 0 Å². The van der Waals surface area contributed by atoms with Gasteiger partial charge in [-0.1, -0.05) is 61.7 Å². The Kier molecular flexibility index (Phi) is 5.47. The predicted molar refractivity (Wildman–Crippen MR) is 87.8 cm³/mol. The largest absolute Gasteiger partial charge is 0.0831 e. The van der Waals surface area contributed by atoms with Crippen molar-refractivity contribution < 1.29 is 0 Å². The van der Waals surface area contributed by atoms with Crippen LogP contribution in [0, 0.1) is 0 Å². The second-order valence-electron chi connectivity index (χ2n) is 4.78. The van der Waals surface area contributed by atoms with Crippen molar-refractivity contribution in [3.05, 3.63) is 57.5 Å². The van der Waals surface area contributed by atoms with E-state index < -0.39 is 0 Å². The van der Waals surface area contributed by atoms with Crippen LogP contribution in [0.4, 0.5) is 0 Å². The summed E-state index contributed by atoms with van der Waals surface area (Å²) in [5.74, 6) is 0. The van der Waals surface area contributed by atoms with Crippen LogP contribution >= 0.6 is 27.5 Å². The van der Waals surface area contributed by atoms with Crippen molar-refractivity contribution >= 4 is 27.5 Å². The lowest BCUT2D eigenvalue weighted by atomic mass is 10.0. The first-order valence-corrected chi connectivity index (χ1v) is 7.92. The molecular formula is C17H18BrCl. The number of rotatable bonds is 5. The van der Waals surface area contributed by atoms with Crippen molar-refractivity contribution in [2.45, 2.75) is 32.6 Å². The van der Waals surface area contributed by atoms with Crippen LogP contribution in [0.1, 0.15) is 31.7 Å². The van der Waals surface area contributed by atoms with Crippen molar-refractivity contribution in [1.29, 1.82) is 0 Å². The van der Waals surface area contributed by atoms with Crippen LogP contribution in [0.15, 0.2) is 46.9 Å². The SMILES string of the molecule is CCCCCc1ccc(-c2ccc(Br)c(Cl)c2)cc1. The molecule has 0 aliphatic heterocycles. The van der Waals surface area contributed by atoms with Gasteiger partial charge in [-0.05, 0) is 57.6 Å². The third kappa shape index (κ3) is 4.09. The fourth-order valence-corrected chi connectivity index (χ4v) is 2.55. The van der Waals surface area contributed by atoms with Gasteiger partial charge in [0, 0.05) is 4.47 Å². The highest BCUT2D eigenvalue weighted by Crippen LogP contribution is 2.29. The van der Waals surface area contributed by atoms with Gasteiger partial charge in [0.25, 0.3) is 0 Å². The molecule has 100 valence electrons. The first kappa shape index (κ1) is 14.6. The zero-order valence-electron chi connectivity index (χ0n) is 11.1. The van der Waals surface area contributed by atoms with E-state index >= 15 is 0 Å². The summed E-state index contributed by atoms with van der Waals surface area (Å²) in [5, 5.41) is 0.754. The normalized spacial score (nSPS) is 10.7. The molecule has 0 atom stereocenters. The Bertz CT molecular complexity index is 531. The maximum atomic E-state index is 6.13. The van der Waals surface area contributed by atoms with Crippen LogP contribution < -0.4 is 0 Å². The van der Waals surface area contributed by atoms with Crippen LogP contribution in [-0.4, -0.2) is 0 Å². The summed E-state index contributed by atoms with van der Waals surface area (Å²) in [5.41, 5.74) is 3.79. The Morgan fingerprint density at radius 3 is 2.26 bits per heavy atom. The Hall–Kier alpha value is -0.790. The average molecular weight is 338 g/mol. The third-order valence-corrected chi connectivity index (χ3v) is 4.51. The minimum absolute atomic E-state index is 0.754. The van der Waals surface area contributed by atoms with Crippen LogP contribution in [0.25, 0.3) is 11.1 Å². The molecule has 2 heteroatoms. The highest BCUT2D eigenvalue weighted by molar-refractivity contribution is 9.10. The van der Waals surface area contributed by atoms with Crippen molar-refractivity contribution in [1.82, 2.24) is 0 Å². The van der Waals surface area contributed by atoms with Gasteiger partial charge >= 0.3 is 0 Å². The molecular weight excluding hydrogens is 320 g/mol. The molecule has 19 heavy (non-hydrogen) atoms. The number of hydrogen-bond donors (Lipinski definition) is 0. The Morgan fingerprint density at radius 2 is 1.63 bits per heavy atom. The highest BCUT2D eigenvalue weighted by atomic mass is 79.9. The van der Waals surface area contributed by atoms with E-state index in [-0.39, 0.29) is 0 Å². The smallest absolute Gasteiger partial charge is 0.0554 e. The molecule has 0 aliphatic rings. The van der Waals surface area contributed by atoms with E-state index in [2.05, 4.69) is 53.2 Å². The van der Waals surface area contributed by atoms with Gasteiger partial charge in [-0.2, -0.15) is 0 Å². The molecule has 2 aromatic carbocycles. The first-order chi connectivity index (χ1) is 9.20. The van der Waals surface area contributed by atoms with E-state index in [1.165, 1.54) is 36.8 Å². The van der Waals surface area contributed by atoms with E-state index in [9.17, 15) is 0 Å². The van der Waals surface area contributed by atoms with Crippen LogP contribution in [0.3, 0.4) is 0 Å². The van der Waals surface area contributed by atoms with Crippen LogP contribution in [-0.2, 0) is 6.42 Å². The molecule has 2 rings (SSSR count). The van der Waals surface area contributed by atoms with Crippen molar-refractivity contribution in [3.63, 3.8) is 0 Å². The van der Waals surface area contributed by atoms with Crippen LogP contribution in [0.5, 0.6) is 0 Å². The van der Waals surface area contributed by atoms with Gasteiger partial charge in [-0.25, -0.2) is 0 Å². The molecule has 0 aromatic heterocycles. The molecule has 2 aromatic rings. The van der Waals surface area contributed by atoms with E-state index in [1.807, 2.05) is 12.1 Å². The molecule has 0 amide bonds. The molecule has 0 radical (unpaired) electrons. The molecule has 0 saturated heterocycles. The van der Waals surface area contributed by atoms with Gasteiger partial charge < -0.3 is 0 Å². The summed E-state index contributed by atoms with van der Waals surface area (Å²) in [4.78, 5) is 0. The van der Waals surface area contributed by atoms with E-state index in [0.717, 1.165) is 15.1 Å². The second-order valence-corrected chi connectivity index (χ2v) is 6.04. The lowest BCUT2D eigenvalue weighted by Crippen LogP contribution is -1.86. The van der Waals surface area contributed by atoms with E-state index in [1.54, 1.807) is 0 Å². The summed E-state index contributed by atoms with van der Waals surface area (Å²) in [6, 6.07) is 14.9. The molecule has 0 aliphatic carbocycles. The lowest BCUT2D eigenvalue weighted by molar-refractivity contribution is 0.717. The van der Waals surface area contributed by atoms with E-state index in [0.29, 0.717) is 0 Å². The number of unbranched alkanes of at least 4 members (excludes halogenated alkanes) is 2. The zero-order chi connectivity index (χ0) is 13.7. The molecule has 0 N–H and O–H groups in total. The number of halogens is 2. The van der Waals surface area contributed by atoms with Gasteiger partial charge in [-0.3, -0.25) is 0 Å². The van der Waals surface area contributed by atoms with Crippen molar-refractivity contribution in [3.8, 4) is 11.1 Å². The number of hydrogen-bond acceptors (Lipinski definition) is 0. The summed E-state index contributed by atoms with van der Waals surface area (Å²) in [6.45, 7) is 2.24. The van der Waals surface area contributed by atoms with Gasteiger partial charge in [0.15, 0.2) is 0 Å². The van der Waals surface area contributed by atoms with Crippen molar-refractivity contribution in [2.75, 3.05) is 0 Å². The summed E-state index contributed by atoms with van der Waals surface area (Å²) in [6.07, 6.45) is 5.04. The maximum absolute atomic E-state index is 6.13. The quantitative estimate of drug-likeness (QED) is 0.546. The lowest BCUT2D eigenvalue weighted by Gasteiger charge is -2.06. The molecule has 0 fully saturated rings. The Morgan fingerprint density at radius 1 is 0.947 bits per heavy atom. The number of aryl methyl sites for hydroxylation is 1. The fraction of sp³-hybridized carbons (Fsp3) is 0.294. The molecule has 0 heterocycles. The van der Waals surface area contributed by atoms with Gasteiger partial charge in [0.2, 0.25) is 0 Å². The summed E-state index contributed by atoms with van der Waals surface area (Å²) >= 11 is 9.55. The second kappa shape index (κ2) is 7.12. The van der Waals surface area contributed by atoms with Gasteiger partial charge in [0.05, 0.1) is 5.02 Å². The minimum Gasteiger partial charge on any atom is -0.0831 e. The molecule has 0 saturated carbocycles. The zero-order valence-corrected chi connectivity index (χ0v) is 13.5. The Balaban J connectivity index is 2.11. The van der Waals surface area contributed by atoms with Crippen LogP contribution in [0.2, 0.25) is 5.02 Å². The summed E-state index contributed by atoms with van der Waals surface area (Å²) in [7, 11) is 0. The standard InChI is InChI=1S/C17H18BrCl/c1-2-3-4-5-13-6-8-14(9-7-13)15-10-11-16(18)17(19)12-15/h6-12H,2-5H2,1H3.